The molecule has 0 saturated heterocycles. The van der Waals surface area contributed by atoms with Gasteiger partial charge in [-0.1, -0.05) is 29.8 Å². The minimum Gasteiger partial charge on any atom is -0.468 e. The number of benzene rings is 1. The van der Waals surface area contributed by atoms with Crippen LogP contribution in [0.2, 0.25) is 0 Å². The lowest BCUT2D eigenvalue weighted by Gasteiger charge is -2.40. The average Bonchev–Trinajstić information content (AvgIpc) is 2.33. The highest BCUT2D eigenvalue weighted by Crippen LogP contribution is 2.37. The van der Waals surface area contributed by atoms with Crippen LogP contribution in [0.15, 0.2) is 24.3 Å². The van der Waals surface area contributed by atoms with E-state index in [-0.39, 0.29) is 5.97 Å². The van der Waals surface area contributed by atoms with Crippen LogP contribution in [-0.4, -0.2) is 24.7 Å². The van der Waals surface area contributed by atoms with Crippen molar-refractivity contribution in [3.05, 3.63) is 35.4 Å². The van der Waals surface area contributed by atoms with Crippen molar-refractivity contribution < 1.29 is 9.53 Å². The number of nitrogens with one attached hydrogen (secondary N) is 1. The van der Waals surface area contributed by atoms with Gasteiger partial charge >= 0.3 is 5.97 Å². The van der Waals surface area contributed by atoms with Crippen LogP contribution in [0.1, 0.15) is 43.7 Å². The predicted molar refractivity (Wildman–Crippen MR) is 76.2 cm³/mol. The molecule has 0 aliphatic heterocycles. The highest BCUT2D eigenvalue weighted by molar-refractivity contribution is 5.79. The minimum absolute atomic E-state index is 0.203. The molecule has 1 aliphatic rings. The van der Waals surface area contributed by atoms with E-state index in [2.05, 4.69) is 36.5 Å². The summed E-state index contributed by atoms with van der Waals surface area (Å²) in [5, 5.41) is 3.38. The Morgan fingerprint density at radius 3 is 2.37 bits per heavy atom. The van der Waals surface area contributed by atoms with Gasteiger partial charge in [-0.25, -0.2) is 0 Å². The normalized spacial score (nSPS) is 22.7. The number of esters is 1. The van der Waals surface area contributed by atoms with E-state index in [1.807, 2.05) is 13.8 Å². The van der Waals surface area contributed by atoms with Crippen LogP contribution in [0, 0.1) is 6.92 Å². The fourth-order valence-electron chi connectivity index (χ4n) is 2.67. The van der Waals surface area contributed by atoms with Crippen molar-refractivity contribution in [3.8, 4) is 0 Å². The molecule has 1 aromatic rings. The molecule has 1 fully saturated rings. The van der Waals surface area contributed by atoms with Crippen LogP contribution >= 0.6 is 0 Å². The van der Waals surface area contributed by atoms with Gasteiger partial charge in [0.25, 0.3) is 0 Å². The number of aryl methyl sites for hydroxylation is 1. The third-order valence-electron chi connectivity index (χ3n) is 3.95. The first-order valence-electron chi connectivity index (χ1n) is 6.85. The number of ether oxygens (including phenoxy) is 1. The molecule has 0 spiro atoms. The molecule has 0 aromatic heterocycles. The molecule has 0 amide bonds. The molecular weight excluding hydrogens is 238 g/mol. The van der Waals surface area contributed by atoms with Crippen molar-refractivity contribution >= 4 is 5.97 Å². The standard InChI is InChI=1S/C16H23NO2/c1-11-5-7-12(8-6-11)13-9-14(10-13)17-16(2,3)15(18)19-4/h5-8,13-14,17H,9-10H2,1-4H3. The molecular formula is C16H23NO2. The van der Waals surface area contributed by atoms with E-state index in [9.17, 15) is 4.79 Å². The minimum atomic E-state index is -0.600. The first-order valence-corrected chi connectivity index (χ1v) is 6.85. The van der Waals surface area contributed by atoms with Gasteiger partial charge in [-0.15, -0.1) is 0 Å². The molecule has 2 rings (SSSR count). The Kier molecular flexibility index (Phi) is 3.95. The summed E-state index contributed by atoms with van der Waals surface area (Å²) in [6.07, 6.45) is 2.17. The maximum atomic E-state index is 11.6. The number of hydrogen-bond acceptors (Lipinski definition) is 3. The lowest BCUT2D eigenvalue weighted by Crippen LogP contribution is -2.55. The lowest BCUT2D eigenvalue weighted by molar-refractivity contribution is -0.147. The summed E-state index contributed by atoms with van der Waals surface area (Å²) in [6, 6.07) is 9.15. The molecule has 3 nitrogen and oxygen atoms in total. The van der Waals surface area contributed by atoms with Crippen LogP contribution in [0.5, 0.6) is 0 Å². The zero-order valence-electron chi connectivity index (χ0n) is 12.2. The summed E-state index contributed by atoms with van der Waals surface area (Å²) in [7, 11) is 1.43. The fraction of sp³-hybridized carbons (Fsp3) is 0.562. The van der Waals surface area contributed by atoms with Crippen LogP contribution < -0.4 is 5.32 Å². The van der Waals surface area contributed by atoms with Crippen molar-refractivity contribution in [3.63, 3.8) is 0 Å². The highest BCUT2D eigenvalue weighted by Gasteiger charge is 2.37. The zero-order chi connectivity index (χ0) is 14.0. The van der Waals surface area contributed by atoms with Gasteiger partial charge in [-0.05, 0) is 45.1 Å². The maximum Gasteiger partial charge on any atom is 0.325 e. The van der Waals surface area contributed by atoms with Crippen LogP contribution in [0.4, 0.5) is 0 Å². The van der Waals surface area contributed by atoms with Crippen molar-refractivity contribution in [2.75, 3.05) is 7.11 Å². The first-order chi connectivity index (χ1) is 8.92. The van der Waals surface area contributed by atoms with E-state index in [0.717, 1.165) is 12.8 Å². The fourth-order valence-corrected chi connectivity index (χ4v) is 2.67. The van der Waals surface area contributed by atoms with Crippen molar-refractivity contribution in [1.29, 1.82) is 0 Å². The lowest BCUT2D eigenvalue weighted by atomic mass is 9.75. The van der Waals surface area contributed by atoms with E-state index in [0.29, 0.717) is 12.0 Å². The van der Waals surface area contributed by atoms with Gasteiger partial charge in [0, 0.05) is 6.04 Å². The van der Waals surface area contributed by atoms with Crippen molar-refractivity contribution in [2.24, 2.45) is 0 Å². The second-order valence-electron chi connectivity index (χ2n) is 6.04. The van der Waals surface area contributed by atoms with E-state index in [1.54, 1.807) is 0 Å². The molecule has 1 aromatic carbocycles. The van der Waals surface area contributed by atoms with Gasteiger partial charge < -0.3 is 4.74 Å². The Labute approximate surface area is 115 Å². The topological polar surface area (TPSA) is 38.3 Å². The number of rotatable bonds is 4. The Morgan fingerprint density at radius 2 is 1.84 bits per heavy atom. The van der Waals surface area contributed by atoms with E-state index in [4.69, 9.17) is 4.74 Å². The molecule has 3 heteroatoms. The predicted octanol–water partition coefficient (Wildman–Crippen LogP) is 2.78. The second-order valence-corrected chi connectivity index (χ2v) is 6.04. The summed E-state index contributed by atoms with van der Waals surface area (Å²) in [6.45, 7) is 5.85. The average molecular weight is 261 g/mol. The molecule has 0 unspecified atom stereocenters. The van der Waals surface area contributed by atoms with Gasteiger partial charge in [0.15, 0.2) is 0 Å². The summed E-state index contributed by atoms with van der Waals surface area (Å²) < 4.78 is 4.81. The van der Waals surface area contributed by atoms with Gasteiger partial charge in [0.1, 0.15) is 5.54 Å². The van der Waals surface area contributed by atoms with E-state index < -0.39 is 5.54 Å². The van der Waals surface area contributed by atoms with Crippen LogP contribution in [0.3, 0.4) is 0 Å². The second kappa shape index (κ2) is 5.33. The van der Waals surface area contributed by atoms with Crippen LogP contribution in [0.25, 0.3) is 0 Å². The summed E-state index contributed by atoms with van der Waals surface area (Å²) in [5.41, 5.74) is 2.10. The van der Waals surface area contributed by atoms with Crippen LogP contribution in [-0.2, 0) is 9.53 Å². The van der Waals surface area contributed by atoms with E-state index >= 15 is 0 Å². The molecule has 1 aliphatic carbocycles. The van der Waals surface area contributed by atoms with Gasteiger partial charge in [0.2, 0.25) is 0 Å². The molecule has 0 heterocycles. The molecule has 19 heavy (non-hydrogen) atoms. The summed E-state index contributed by atoms with van der Waals surface area (Å²) in [4.78, 5) is 11.6. The Bertz CT molecular complexity index is 444. The Morgan fingerprint density at radius 1 is 1.26 bits per heavy atom. The van der Waals surface area contributed by atoms with E-state index in [1.165, 1.54) is 18.2 Å². The maximum absolute atomic E-state index is 11.6. The molecule has 0 radical (unpaired) electrons. The first kappa shape index (κ1) is 14.1. The third-order valence-corrected chi connectivity index (χ3v) is 3.95. The molecule has 0 atom stereocenters. The molecule has 104 valence electrons. The molecule has 1 saturated carbocycles. The smallest absolute Gasteiger partial charge is 0.325 e. The quantitative estimate of drug-likeness (QED) is 0.847. The number of carbonyl (C=O) groups is 1. The Balaban J connectivity index is 1.86. The monoisotopic (exact) mass is 261 g/mol. The van der Waals surface area contributed by atoms with Crippen molar-refractivity contribution in [1.82, 2.24) is 5.32 Å². The zero-order valence-corrected chi connectivity index (χ0v) is 12.2. The number of carbonyl (C=O) groups excluding carboxylic acids is 1. The van der Waals surface area contributed by atoms with Gasteiger partial charge in [-0.3, -0.25) is 10.1 Å². The summed E-state index contributed by atoms with van der Waals surface area (Å²) in [5.74, 6) is 0.415. The number of methoxy groups -OCH3 is 1. The van der Waals surface area contributed by atoms with Gasteiger partial charge in [-0.2, -0.15) is 0 Å². The molecule has 1 N–H and O–H groups in total. The summed E-state index contributed by atoms with van der Waals surface area (Å²) >= 11 is 0. The highest BCUT2D eigenvalue weighted by atomic mass is 16.5. The SMILES string of the molecule is COC(=O)C(C)(C)NC1CC(c2ccc(C)cc2)C1. The number of hydrogen-bond donors (Lipinski definition) is 1. The largest absolute Gasteiger partial charge is 0.468 e. The Hall–Kier alpha value is -1.35. The third kappa shape index (κ3) is 3.16. The molecule has 0 bridgehead atoms. The van der Waals surface area contributed by atoms with Crippen molar-refractivity contribution in [2.45, 2.75) is 51.1 Å². The van der Waals surface area contributed by atoms with Gasteiger partial charge in [0.05, 0.1) is 7.11 Å².